The molecule has 84 valence electrons. The van der Waals surface area contributed by atoms with E-state index < -0.39 is 0 Å². The predicted octanol–water partition coefficient (Wildman–Crippen LogP) is 1.57. The third-order valence-corrected chi connectivity index (χ3v) is 3.05. The van der Waals surface area contributed by atoms with Crippen LogP contribution in [0.3, 0.4) is 0 Å². The van der Waals surface area contributed by atoms with E-state index in [-0.39, 0.29) is 0 Å². The van der Waals surface area contributed by atoms with Crippen LogP contribution in [0.5, 0.6) is 0 Å². The number of nitrogen functional groups attached to an aromatic ring is 1. The topological polar surface area (TPSA) is 93.4 Å². The minimum absolute atomic E-state index is 0.323. The number of H-pyrrole nitrogens is 1. The van der Waals surface area contributed by atoms with E-state index in [9.17, 15) is 0 Å². The maximum Gasteiger partial charge on any atom is 0.203 e. The fourth-order valence-corrected chi connectivity index (χ4v) is 2.08. The van der Waals surface area contributed by atoms with Crippen LogP contribution in [0.15, 0.2) is 29.9 Å². The third kappa shape index (κ3) is 1.76. The SMILES string of the molecule is Nc1nccnc1-c1n[nH]c(-c2cccs2)n1. The van der Waals surface area contributed by atoms with E-state index in [4.69, 9.17) is 5.73 Å². The molecule has 0 spiro atoms. The maximum atomic E-state index is 5.72. The van der Waals surface area contributed by atoms with E-state index >= 15 is 0 Å². The van der Waals surface area contributed by atoms with Gasteiger partial charge in [-0.1, -0.05) is 6.07 Å². The van der Waals surface area contributed by atoms with Gasteiger partial charge in [0, 0.05) is 12.4 Å². The van der Waals surface area contributed by atoms with Gasteiger partial charge in [0.2, 0.25) is 5.82 Å². The van der Waals surface area contributed by atoms with E-state index in [0.717, 1.165) is 4.88 Å². The second-order valence-corrected chi connectivity index (χ2v) is 4.22. The molecule has 17 heavy (non-hydrogen) atoms. The number of aromatic nitrogens is 5. The number of aromatic amines is 1. The van der Waals surface area contributed by atoms with Gasteiger partial charge >= 0.3 is 0 Å². The van der Waals surface area contributed by atoms with Crippen molar-refractivity contribution >= 4 is 17.2 Å². The molecule has 7 heteroatoms. The van der Waals surface area contributed by atoms with Gasteiger partial charge in [-0.15, -0.1) is 11.3 Å². The van der Waals surface area contributed by atoms with E-state index in [1.165, 1.54) is 6.20 Å². The van der Waals surface area contributed by atoms with Gasteiger partial charge in [-0.2, -0.15) is 5.10 Å². The van der Waals surface area contributed by atoms with Gasteiger partial charge < -0.3 is 5.73 Å². The summed E-state index contributed by atoms with van der Waals surface area (Å²) in [5.41, 5.74) is 6.21. The van der Waals surface area contributed by atoms with Gasteiger partial charge in [-0.05, 0) is 11.4 Å². The predicted molar refractivity (Wildman–Crippen MR) is 65.1 cm³/mol. The lowest BCUT2D eigenvalue weighted by Gasteiger charge is -1.96. The number of hydrogen-bond donors (Lipinski definition) is 2. The smallest absolute Gasteiger partial charge is 0.203 e. The number of anilines is 1. The maximum absolute atomic E-state index is 5.72. The summed E-state index contributed by atoms with van der Waals surface area (Å²) in [4.78, 5) is 13.4. The summed E-state index contributed by atoms with van der Waals surface area (Å²) < 4.78 is 0. The second kappa shape index (κ2) is 3.95. The van der Waals surface area contributed by atoms with Crippen molar-refractivity contribution in [2.45, 2.75) is 0 Å². The molecule has 3 heterocycles. The van der Waals surface area contributed by atoms with Gasteiger partial charge in [0.25, 0.3) is 0 Å². The minimum atomic E-state index is 0.323. The van der Waals surface area contributed by atoms with Gasteiger partial charge in [-0.25, -0.2) is 15.0 Å². The number of nitrogens with one attached hydrogen (secondary N) is 1. The molecule has 3 aromatic rings. The number of nitrogens with two attached hydrogens (primary N) is 1. The molecule has 3 N–H and O–H groups in total. The highest BCUT2D eigenvalue weighted by atomic mass is 32.1. The summed E-state index contributed by atoms with van der Waals surface area (Å²) in [5, 5.41) is 8.93. The zero-order valence-corrected chi connectivity index (χ0v) is 9.48. The first kappa shape index (κ1) is 9.91. The molecule has 0 aliphatic rings. The van der Waals surface area contributed by atoms with Crippen LogP contribution in [-0.4, -0.2) is 25.1 Å². The van der Waals surface area contributed by atoms with Crippen LogP contribution in [0, 0.1) is 0 Å². The van der Waals surface area contributed by atoms with Crippen LogP contribution in [0.25, 0.3) is 22.2 Å². The molecule has 0 fully saturated rings. The van der Waals surface area contributed by atoms with Crippen molar-refractivity contribution < 1.29 is 0 Å². The third-order valence-electron chi connectivity index (χ3n) is 2.18. The molecule has 0 aliphatic carbocycles. The lowest BCUT2D eigenvalue weighted by Crippen LogP contribution is -1.97. The first-order chi connectivity index (χ1) is 8.34. The number of hydrogen-bond acceptors (Lipinski definition) is 6. The molecule has 3 rings (SSSR count). The zero-order valence-electron chi connectivity index (χ0n) is 8.66. The Balaban J connectivity index is 2.04. The van der Waals surface area contributed by atoms with Crippen LogP contribution in [0.4, 0.5) is 5.82 Å². The van der Waals surface area contributed by atoms with E-state index in [2.05, 4.69) is 25.1 Å². The van der Waals surface area contributed by atoms with Crippen molar-refractivity contribution in [2.75, 3.05) is 5.73 Å². The largest absolute Gasteiger partial charge is 0.382 e. The monoisotopic (exact) mass is 244 g/mol. The molecule has 0 unspecified atom stereocenters. The Morgan fingerprint density at radius 1 is 1.24 bits per heavy atom. The molecule has 0 saturated heterocycles. The molecule has 0 amide bonds. The average Bonchev–Trinajstić information content (AvgIpc) is 3.00. The number of thiophene rings is 1. The lowest BCUT2D eigenvalue weighted by atomic mass is 10.4. The summed E-state index contributed by atoms with van der Waals surface area (Å²) in [6, 6.07) is 3.92. The van der Waals surface area contributed by atoms with E-state index in [1.54, 1.807) is 17.5 Å². The van der Waals surface area contributed by atoms with E-state index in [0.29, 0.717) is 23.2 Å². The molecule has 0 bridgehead atoms. The summed E-state index contributed by atoms with van der Waals surface area (Å²) >= 11 is 1.59. The standard InChI is InChI=1S/C10H8N6S/c11-8-7(12-3-4-13-8)10-14-9(15-16-10)6-2-1-5-17-6/h1-5H,(H2,11,13)(H,14,15,16). The first-order valence-electron chi connectivity index (χ1n) is 4.88. The normalized spacial score (nSPS) is 10.6. The summed E-state index contributed by atoms with van der Waals surface area (Å²) in [6.45, 7) is 0. The van der Waals surface area contributed by atoms with Gasteiger partial charge in [0.1, 0.15) is 0 Å². The van der Waals surface area contributed by atoms with Crippen molar-refractivity contribution in [1.29, 1.82) is 0 Å². The molecule has 3 aromatic heterocycles. The van der Waals surface area contributed by atoms with Crippen LogP contribution in [-0.2, 0) is 0 Å². The van der Waals surface area contributed by atoms with Crippen LogP contribution in [0.2, 0.25) is 0 Å². The second-order valence-electron chi connectivity index (χ2n) is 3.28. The van der Waals surface area contributed by atoms with Crippen molar-refractivity contribution in [1.82, 2.24) is 25.1 Å². The summed E-state index contributed by atoms with van der Waals surface area (Å²) in [6.07, 6.45) is 3.10. The molecule has 0 saturated carbocycles. The molecular formula is C10H8N6S. The quantitative estimate of drug-likeness (QED) is 0.713. The Labute approximate surface area is 101 Å². The Morgan fingerprint density at radius 2 is 2.12 bits per heavy atom. The summed E-state index contributed by atoms with van der Waals surface area (Å²) in [5.74, 6) is 1.49. The zero-order chi connectivity index (χ0) is 11.7. The molecule has 0 aromatic carbocycles. The molecule has 0 aliphatic heterocycles. The fourth-order valence-electron chi connectivity index (χ4n) is 1.41. The van der Waals surface area contributed by atoms with Gasteiger partial charge in [0.15, 0.2) is 17.3 Å². The minimum Gasteiger partial charge on any atom is -0.382 e. The Kier molecular flexibility index (Phi) is 2.30. The highest BCUT2D eigenvalue weighted by Crippen LogP contribution is 2.24. The molecule has 0 radical (unpaired) electrons. The van der Waals surface area contributed by atoms with E-state index in [1.807, 2.05) is 17.5 Å². The lowest BCUT2D eigenvalue weighted by molar-refractivity contribution is 1.08. The Morgan fingerprint density at radius 3 is 2.88 bits per heavy atom. The van der Waals surface area contributed by atoms with Crippen molar-refractivity contribution in [3.63, 3.8) is 0 Å². The number of rotatable bonds is 2. The van der Waals surface area contributed by atoms with Gasteiger partial charge in [0.05, 0.1) is 4.88 Å². The molecule has 0 atom stereocenters. The van der Waals surface area contributed by atoms with Crippen LogP contribution >= 0.6 is 11.3 Å². The number of nitrogens with zero attached hydrogens (tertiary/aromatic N) is 4. The Hall–Kier alpha value is -2.28. The van der Waals surface area contributed by atoms with Gasteiger partial charge in [-0.3, -0.25) is 5.10 Å². The van der Waals surface area contributed by atoms with Crippen LogP contribution in [0.1, 0.15) is 0 Å². The molecular weight excluding hydrogens is 236 g/mol. The highest BCUT2D eigenvalue weighted by Gasteiger charge is 2.12. The van der Waals surface area contributed by atoms with Crippen LogP contribution < -0.4 is 5.73 Å². The van der Waals surface area contributed by atoms with Crippen molar-refractivity contribution in [3.8, 4) is 22.2 Å². The van der Waals surface area contributed by atoms with Crippen molar-refractivity contribution in [3.05, 3.63) is 29.9 Å². The Bertz CT molecular complexity index is 630. The first-order valence-corrected chi connectivity index (χ1v) is 5.75. The fraction of sp³-hybridized carbons (Fsp3) is 0. The molecule has 6 nitrogen and oxygen atoms in total. The van der Waals surface area contributed by atoms with Crippen molar-refractivity contribution in [2.24, 2.45) is 0 Å². The summed E-state index contributed by atoms with van der Waals surface area (Å²) in [7, 11) is 0. The highest BCUT2D eigenvalue weighted by molar-refractivity contribution is 7.13. The average molecular weight is 244 g/mol.